The number of hydrogen-bond acceptors (Lipinski definition) is 2. The molecule has 128 valence electrons. The molecule has 2 nitrogen and oxygen atoms in total. The molecule has 1 fully saturated rings. The van der Waals surface area contributed by atoms with E-state index in [4.69, 9.17) is 9.05 Å². The molecule has 0 aliphatic heterocycles. The van der Waals surface area contributed by atoms with Crippen LogP contribution < -0.4 is 0 Å². The Morgan fingerprint density at radius 3 is 2.91 bits per heavy atom. The van der Waals surface area contributed by atoms with Crippen LogP contribution in [0, 0.1) is 24.7 Å². The minimum absolute atomic E-state index is 0.316. The maximum absolute atomic E-state index is 6.15. The van der Waals surface area contributed by atoms with Gasteiger partial charge in [0.25, 0.3) is 0 Å². The van der Waals surface area contributed by atoms with E-state index in [1.807, 2.05) is 0 Å². The first-order valence-corrected chi connectivity index (χ1v) is 11.9. The van der Waals surface area contributed by atoms with Crippen molar-refractivity contribution < 1.29 is 9.05 Å². The molecule has 5 heteroatoms. The molecule has 1 saturated carbocycles. The van der Waals surface area contributed by atoms with Crippen molar-refractivity contribution in [3.63, 3.8) is 0 Å². The molecule has 0 saturated heterocycles. The summed E-state index contributed by atoms with van der Waals surface area (Å²) in [6.07, 6.45) is 6.82. The molecule has 2 aliphatic rings. The van der Waals surface area contributed by atoms with Crippen molar-refractivity contribution in [2.24, 2.45) is 17.8 Å². The Labute approximate surface area is 147 Å². The summed E-state index contributed by atoms with van der Waals surface area (Å²) >= 11 is 0. The van der Waals surface area contributed by atoms with Crippen LogP contribution in [0.4, 0.5) is 0 Å². The van der Waals surface area contributed by atoms with Gasteiger partial charge in [-0.15, -0.1) is 0 Å². The van der Waals surface area contributed by atoms with Gasteiger partial charge in [0.05, 0.1) is 12.2 Å². The van der Waals surface area contributed by atoms with Gasteiger partial charge in [-0.2, -0.15) is 0 Å². The van der Waals surface area contributed by atoms with Crippen LogP contribution in [0.15, 0.2) is 18.2 Å². The third-order valence-electron chi connectivity index (χ3n) is 5.96. The van der Waals surface area contributed by atoms with Gasteiger partial charge in [0.1, 0.15) is 0 Å². The molecular formula is C18H29O2P3. The van der Waals surface area contributed by atoms with Crippen LogP contribution in [-0.2, 0) is 21.9 Å². The van der Waals surface area contributed by atoms with Crippen LogP contribution in [0.25, 0.3) is 0 Å². The number of benzene rings is 1. The van der Waals surface area contributed by atoms with E-state index in [2.05, 4.69) is 50.4 Å². The van der Waals surface area contributed by atoms with Crippen molar-refractivity contribution in [1.29, 1.82) is 0 Å². The molecule has 0 N–H and O–H groups in total. The van der Waals surface area contributed by atoms with Crippen LogP contribution in [0.1, 0.15) is 42.9 Å². The van der Waals surface area contributed by atoms with Gasteiger partial charge in [0, 0.05) is 18.0 Å². The predicted molar refractivity (Wildman–Crippen MR) is 106 cm³/mol. The second-order valence-electron chi connectivity index (χ2n) is 7.24. The Morgan fingerprint density at radius 1 is 1.35 bits per heavy atom. The Morgan fingerprint density at radius 2 is 2.17 bits per heavy atom. The minimum atomic E-state index is 0.316. The smallest absolute Gasteiger partial charge is 0.0652 e. The summed E-state index contributed by atoms with van der Waals surface area (Å²) in [7, 11) is 5.68. The monoisotopic (exact) mass is 370 g/mol. The van der Waals surface area contributed by atoms with Gasteiger partial charge in [-0.1, -0.05) is 27.1 Å². The second-order valence-corrected chi connectivity index (χ2v) is 8.69. The zero-order valence-electron chi connectivity index (χ0n) is 14.1. The molecule has 1 aromatic carbocycles. The molecule has 0 radical (unpaired) electrons. The van der Waals surface area contributed by atoms with Crippen molar-refractivity contribution in [2.75, 3.05) is 0 Å². The lowest BCUT2D eigenvalue weighted by molar-refractivity contribution is 0.138. The lowest BCUT2D eigenvalue weighted by Crippen LogP contribution is -2.28. The van der Waals surface area contributed by atoms with Gasteiger partial charge < -0.3 is 9.05 Å². The second kappa shape index (κ2) is 8.21. The molecule has 0 heterocycles. The van der Waals surface area contributed by atoms with E-state index in [-0.39, 0.29) is 0 Å². The highest BCUT2D eigenvalue weighted by atomic mass is 32.0. The summed E-state index contributed by atoms with van der Waals surface area (Å²) in [6.45, 7) is 4.42. The van der Waals surface area contributed by atoms with E-state index in [1.165, 1.54) is 31.2 Å². The fourth-order valence-electron chi connectivity index (χ4n) is 4.71. The van der Waals surface area contributed by atoms with Gasteiger partial charge in [-0.25, -0.2) is 0 Å². The van der Waals surface area contributed by atoms with Crippen molar-refractivity contribution in [3.05, 3.63) is 34.9 Å². The topological polar surface area (TPSA) is 18.5 Å². The van der Waals surface area contributed by atoms with Crippen molar-refractivity contribution in [2.45, 2.75) is 58.2 Å². The first kappa shape index (κ1) is 18.2. The van der Waals surface area contributed by atoms with Crippen LogP contribution in [0.5, 0.6) is 0 Å². The fraction of sp³-hybridized carbons (Fsp3) is 0.667. The Bertz CT molecular complexity index is 537. The van der Waals surface area contributed by atoms with Crippen molar-refractivity contribution >= 4 is 26.9 Å². The predicted octanol–water partition coefficient (Wildman–Crippen LogP) is 5.09. The van der Waals surface area contributed by atoms with Crippen LogP contribution in [-0.4, -0.2) is 12.2 Å². The number of aryl methyl sites for hydroxylation is 1. The summed E-state index contributed by atoms with van der Waals surface area (Å²) in [5, 5.41) is 0. The fourth-order valence-corrected chi connectivity index (χ4v) is 5.81. The molecule has 0 spiro atoms. The quantitative estimate of drug-likeness (QED) is 0.650. The molecular weight excluding hydrogens is 341 g/mol. The largest absolute Gasteiger partial charge is 0.363 e. The SMILES string of the molecule is Cc1cccc2c1C[C@H]1C[C@@H](OPP)[C@H](CC[C@H](C)OP)[C@H]1C2. The molecule has 8 atom stereocenters. The zero-order chi connectivity index (χ0) is 16.4. The van der Waals surface area contributed by atoms with Crippen LogP contribution in [0.2, 0.25) is 0 Å². The number of rotatable bonds is 6. The lowest BCUT2D eigenvalue weighted by Gasteiger charge is -2.33. The molecule has 0 aromatic heterocycles. The van der Waals surface area contributed by atoms with Gasteiger partial charge in [-0.05, 0) is 80.4 Å². The Balaban J connectivity index is 1.77. The van der Waals surface area contributed by atoms with E-state index < -0.39 is 0 Å². The first-order chi connectivity index (χ1) is 11.1. The average molecular weight is 370 g/mol. The molecule has 2 aliphatic carbocycles. The Hall–Kier alpha value is 0.430. The highest BCUT2D eigenvalue weighted by Crippen LogP contribution is 2.50. The van der Waals surface area contributed by atoms with Gasteiger partial charge in [0.2, 0.25) is 0 Å². The van der Waals surface area contributed by atoms with Gasteiger partial charge in [0.15, 0.2) is 0 Å². The molecule has 0 bridgehead atoms. The molecule has 3 unspecified atom stereocenters. The van der Waals surface area contributed by atoms with E-state index >= 15 is 0 Å². The summed E-state index contributed by atoms with van der Waals surface area (Å²) in [5.41, 5.74) is 4.67. The summed E-state index contributed by atoms with van der Waals surface area (Å²) < 4.78 is 11.5. The summed E-state index contributed by atoms with van der Waals surface area (Å²) in [6, 6.07) is 6.83. The van der Waals surface area contributed by atoms with Crippen LogP contribution >= 0.6 is 26.9 Å². The number of fused-ring (bicyclic) bond motifs is 2. The van der Waals surface area contributed by atoms with E-state index in [0.29, 0.717) is 26.6 Å². The van der Waals surface area contributed by atoms with E-state index in [9.17, 15) is 0 Å². The number of hydrogen-bond donors (Lipinski definition) is 0. The minimum Gasteiger partial charge on any atom is -0.363 e. The highest BCUT2D eigenvalue weighted by Gasteiger charge is 2.45. The molecule has 23 heavy (non-hydrogen) atoms. The van der Waals surface area contributed by atoms with Crippen molar-refractivity contribution in [1.82, 2.24) is 0 Å². The maximum Gasteiger partial charge on any atom is 0.0652 e. The standard InChI is InChI=1S/C18H29O2P3/c1-11-4-3-5-13-8-17-14(9-16(11)13)10-18(20-23-22)15(17)7-6-12(2)19-21/h3-5,12,14-15,17-18,23H,6-10,21-22H2,1-2H3/t12-,14-,15+,17-,18+/m0/s1. The van der Waals surface area contributed by atoms with Gasteiger partial charge in [-0.3, -0.25) is 0 Å². The van der Waals surface area contributed by atoms with Gasteiger partial charge >= 0.3 is 0 Å². The Kier molecular flexibility index (Phi) is 6.50. The van der Waals surface area contributed by atoms with E-state index in [0.717, 1.165) is 18.3 Å². The molecule has 1 aromatic rings. The first-order valence-electron chi connectivity index (χ1n) is 8.68. The average Bonchev–Trinajstić information content (AvgIpc) is 2.88. The lowest BCUT2D eigenvalue weighted by atomic mass is 9.73. The normalized spacial score (nSPS) is 31.3. The maximum atomic E-state index is 6.15. The van der Waals surface area contributed by atoms with E-state index in [1.54, 1.807) is 11.1 Å². The summed E-state index contributed by atoms with van der Waals surface area (Å²) in [5.74, 6) is 2.27. The third-order valence-corrected chi connectivity index (χ3v) is 7.27. The van der Waals surface area contributed by atoms with Crippen molar-refractivity contribution in [3.8, 4) is 0 Å². The molecule has 0 amide bonds. The highest BCUT2D eigenvalue weighted by molar-refractivity contribution is 8.00. The zero-order valence-corrected chi connectivity index (χ0v) is 17.4. The third kappa shape index (κ3) is 3.99. The van der Waals surface area contributed by atoms with Crippen LogP contribution in [0.3, 0.4) is 0 Å². The molecule has 3 rings (SSSR count). The summed E-state index contributed by atoms with van der Waals surface area (Å²) in [4.78, 5) is 0.